The topological polar surface area (TPSA) is 55.8 Å². The summed E-state index contributed by atoms with van der Waals surface area (Å²) in [5.74, 6) is -1.23. The summed E-state index contributed by atoms with van der Waals surface area (Å²) in [6.07, 6.45) is 0. The lowest BCUT2D eigenvalue weighted by atomic mass is 10.1. The minimum absolute atomic E-state index is 0.164. The average Bonchev–Trinajstić information content (AvgIpc) is 2.28. The Balaban J connectivity index is 3.29. The van der Waals surface area contributed by atoms with E-state index < -0.39 is 12.0 Å². The van der Waals surface area contributed by atoms with Gasteiger partial charge in [-0.15, -0.1) is 0 Å². The van der Waals surface area contributed by atoms with Crippen LogP contribution in [0.3, 0.4) is 0 Å². The summed E-state index contributed by atoms with van der Waals surface area (Å²) in [5.41, 5.74) is -0.355. The number of carboxylic acid groups (broad SMARTS) is 1. The first-order valence-corrected chi connectivity index (χ1v) is 4.17. The summed E-state index contributed by atoms with van der Waals surface area (Å²) in [5, 5.41) is 8.84. The van der Waals surface area contributed by atoms with Crippen molar-refractivity contribution in [2.24, 2.45) is 0 Å². The SMILES string of the molecule is COC(F)(OC)c1ccccc1C(=O)O. The Labute approximate surface area is 86.2 Å². The third-order valence-electron chi connectivity index (χ3n) is 2.00. The summed E-state index contributed by atoms with van der Waals surface area (Å²) >= 11 is 0. The van der Waals surface area contributed by atoms with Gasteiger partial charge in [0.1, 0.15) is 0 Å². The van der Waals surface area contributed by atoms with Gasteiger partial charge < -0.3 is 14.6 Å². The number of carbonyl (C=O) groups is 1. The molecule has 0 fully saturated rings. The van der Waals surface area contributed by atoms with Crippen molar-refractivity contribution in [1.29, 1.82) is 0 Å². The number of hydrogen-bond acceptors (Lipinski definition) is 3. The van der Waals surface area contributed by atoms with Gasteiger partial charge in [0.2, 0.25) is 0 Å². The van der Waals surface area contributed by atoms with E-state index in [0.717, 1.165) is 14.2 Å². The highest BCUT2D eigenvalue weighted by atomic mass is 19.2. The second-order valence-corrected chi connectivity index (χ2v) is 2.80. The zero-order chi connectivity index (χ0) is 11.5. The molecule has 0 saturated heterocycles. The minimum atomic E-state index is -2.53. The van der Waals surface area contributed by atoms with Crippen LogP contribution >= 0.6 is 0 Å². The molecule has 0 aliphatic heterocycles. The summed E-state index contributed by atoms with van der Waals surface area (Å²) in [6.45, 7) is 0. The van der Waals surface area contributed by atoms with Gasteiger partial charge in [0.25, 0.3) is 0 Å². The van der Waals surface area contributed by atoms with Gasteiger partial charge in [-0.3, -0.25) is 0 Å². The van der Waals surface area contributed by atoms with E-state index in [0.29, 0.717) is 0 Å². The van der Waals surface area contributed by atoms with Crippen LogP contribution in [-0.4, -0.2) is 25.3 Å². The van der Waals surface area contributed by atoms with E-state index in [2.05, 4.69) is 9.47 Å². The number of methoxy groups -OCH3 is 2. The lowest BCUT2D eigenvalue weighted by Gasteiger charge is -2.22. The lowest BCUT2D eigenvalue weighted by molar-refractivity contribution is -0.304. The molecule has 0 saturated carbocycles. The highest BCUT2D eigenvalue weighted by Crippen LogP contribution is 2.30. The lowest BCUT2D eigenvalue weighted by Crippen LogP contribution is -2.27. The van der Waals surface area contributed by atoms with Crippen LogP contribution in [0, 0.1) is 0 Å². The van der Waals surface area contributed by atoms with Crippen molar-refractivity contribution >= 4 is 5.97 Å². The number of benzene rings is 1. The standard InChI is InChI=1S/C10H11FO4/c1-14-10(11,15-2)8-6-4-3-5-7(8)9(12)13/h3-6H,1-2H3,(H,12,13). The second kappa shape index (κ2) is 4.37. The Kier molecular flexibility index (Phi) is 3.39. The molecule has 82 valence electrons. The first-order chi connectivity index (χ1) is 7.05. The highest BCUT2D eigenvalue weighted by Gasteiger charge is 2.35. The fraction of sp³-hybridized carbons (Fsp3) is 0.300. The summed E-state index contributed by atoms with van der Waals surface area (Å²) in [7, 11) is 2.20. The van der Waals surface area contributed by atoms with Crippen molar-refractivity contribution in [2.45, 2.75) is 6.04 Å². The normalized spacial score (nSPS) is 11.4. The molecule has 1 rings (SSSR count). The third-order valence-corrected chi connectivity index (χ3v) is 2.00. The Morgan fingerprint density at radius 1 is 1.33 bits per heavy atom. The molecule has 0 radical (unpaired) electrons. The molecule has 0 aliphatic rings. The molecule has 0 atom stereocenters. The van der Waals surface area contributed by atoms with E-state index in [4.69, 9.17) is 5.11 Å². The second-order valence-electron chi connectivity index (χ2n) is 2.80. The molecular formula is C10H11FO4. The van der Waals surface area contributed by atoms with Gasteiger partial charge in [-0.1, -0.05) is 12.1 Å². The Morgan fingerprint density at radius 3 is 2.33 bits per heavy atom. The number of carboxylic acids is 1. The fourth-order valence-electron chi connectivity index (χ4n) is 1.23. The van der Waals surface area contributed by atoms with Gasteiger partial charge in [-0.05, 0) is 12.1 Å². The number of hydrogen-bond donors (Lipinski definition) is 1. The van der Waals surface area contributed by atoms with Gasteiger partial charge >= 0.3 is 12.0 Å². The highest BCUT2D eigenvalue weighted by molar-refractivity contribution is 5.89. The van der Waals surface area contributed by atoms with Crippen LogP contribution < -0.4 is 0 Å². The van der Waals surface area contributed by atoms with Crippen molar-refractivity contribution in [3.63, 3.8) is 0 Å². The summed E-state index contributed by atoms with van der Waals surface area (Å²) in [6, 6.07) is 3.06. The number of ether oxygens (including phenoxy) is 2. The van der Waals surface area contributed by atoms with Gasteiger partial charge in [-0.25, -0.2) is 4.79 Å². The first kappa shape index (κ1) is 11.6. The Bertz CT molecular complexity index is 360. The van der Waals surface area contributed by atoms with Crippen LogP contribution in [0.15, 0.2) is 24.3 Å². The molecule has 0 unspecified atom stereocenters. The van der Waals surface area contributed by atoms with E-state index in [1.54, 1.807) is 0 Å². The van der Waals surface area contributed by atoms with Gasteiger partial charge in [0.05, 0.1) is 11.1 Å². The number of rotatable bonds is 4. The molecule has 0 spiro atoms. The summed E-state index contributed by atoms with van der Waals surface area (Å²) < 4.78 is 22.9. The number of alkyl halides is 1. The largest absolute Gasteiger partial charge is 0.478 e. The molecule has 1 aromatic rings. The molecule has 0 aromatic heterocycles. The molecule has 1 N–H and O–H groups in total. The maximum Gasteiger partial charge on any atom is 0.349 e. The molecule has 0 amide bonds. The molecular weight excluding hydrogens is 203 g/mol. The Morgan fingerprint density at radius 2 is 1.87 bits per heavy atom. The van der Waals surface area contributed by atoms with Crippen molar-refractivity contribution in [2.75, 3.05) is 14.2 Å². The number of halogens is 1. The van der Waals surface area contributed by atoms with Crippen LogP contribution in [-0.2, 0) is 15.5 Å². The zero-order valence-corrected chi connectivity index (χ0v) is 8.36. The summed E-state index contributed by atoms with van der Waals surface area (Å²) in [4.78, 5) is 10.8. The van der Waals surface area contributed by atoms with Crippen molar-refractivity contribution < 1.29 is 23.8 Å². The maximum absolute atomic E-state index is 13.9. The molecule has 0 heterocycles. The van der Waals surface area contributed by atoms with Crippen LogP contribution in [0.4, 0.5) is 4.39 Å². The van der Waals surface area contributed by atoms with Crippen LogP contribution in [0.2, 0.25) is 0 Å². The molecule has 15 heavy (non-hydrogen) atoms. The van der Waals surface area contributed by atoms with Crippen LogP contribution in [0.1, 0.15) is 15.9 Å². The minimum Gasteiger partial charge on any atom is -0.478 e. The predicted molar refractivity (Wildman–Crippen MR) is 50.2 cm³/mol. The van der Waals surface area contributed by atoms with Gasteiger partial charge in [0, 0.05) is 14.2 Å². The van der Waals surface area contributed by atoms with Crippen molar-refractivity contribution in [3.8, 4) is 0 Å². The van der Waals surface area contributed by atoms with E-state index in [9.17, 15) is 9.18 Å². The fourth-order valence-corrected chi connectivity index (χ4v) is 1.23. The van der Waals surface area contributed by atoms with Gasteiger partial charge in [0.15, 0.2) is 0 Å². The molecule has 0 aliphatic carbocycles. The molecule has 1 aromatic carbocycles. The van der Waals surface area contributed by atoms with E-state index in [-0.39, 0.29) is 11.1 Å². The third kappa shape index (κ3) is 2.14. The quantitative estimate of drug-likeness (QED) is 0.776. The molecule has 4 nitrogen and oxygen atoms in total. The van der Waals surface area contributed by atoms with Crippen molar-refractivity contribution in [3.05, 3.63) is 35.4 Å². The van der Waals surface area contributed by atoms with E-state index in [1.165, 1.54) is 24.3 Å². The van der Waals surface area contributed by atoms with Gasteiger partial charge in [-0.2, -0.15) is 4.39 Å². The zero-order valence-electron chi connectivity index (χ0n) is 8.36. The van der Waals surface area contributed by atoms with Crippen LogP contribution in [0.5, 0.6) is 0 Å². The molecule has 5 heteroatoms. The number of aromatic carboxylic acids is 1. The van der Waals surface area contributed by atoms with E-state index >= 15 is 0 Å². The smallest absolute Gasteiger partial charge is 0.349 e. The van der Waals surface area contributed by atoms with E-state index in [1.807, 2.05) is 0 Å². The average molecular weight is 214 g/mol. The maximum atomic E-state index is 13.9. The first-order valence-electron chi connectivity index (χ1n) is 4.17. The monoisotopic (exact) mass is 214 g/mol. The molecule has 0 bridgehead atoms. The van der Waals surface area contributed by atoms with Crippen molar-refractivity contribution in [1.82, 2.24) is 0 Å². The Hall–Kier alpha value is -1.46. The predicted octanol–water partition coefficient (Wildman–Crippen LogP) is 1.76. The van der Waals surface area contributed by atoms with Crippen LogP contribution in [0.25, 0.3) is 0 Å².